The first-order chi connectivity index (χ1) is 6.69. The van der Waals surface area contributed by atoms with E-state index in [0.717, 1.165) is 12.3 Å². The molecule has 1 rings (SSSR count). The number of rotatable bonds is 4. The van der Waals surface area contributed by atoms with Gasteiger partial charge in [-0.15, -0.1) is 0 Å². The van der Waals surface area contributed by atoms with Crippen molar-refractivity contribution in [2.45, 2.75) is 52.1 Å². The maximum absolute atomic E-state index is 10.1. The third kappa shape index (κ3) is 2.96. The number of hydrogen-bond acceptors (Lipinski definition) is 2. The van der Waals surface area contributed by atoms with Gasteiger partial charge in [0.05, 0.1) is 6.10 Å². The minimum absolute atomic E-state index is 0.155. The fourth-order valence-electron chi connectivity index (χ4n) is 2.56. The standard InChI is InChI=1S/C12H25NO/c1-3-10(8-13)12(14)11-6-4-9(2)5-7-11/h9-12,14H,3-8,13H2,1-2H3. The lowest BCUT2D eigenvalue weighted by atomic mass is 9.76. The van der Waals surface area contributed by atoms with E-state index in [9.17, 15) is 5.11 Å². The Morgan fingerprint density at radius 3 is 2.29 bits per heavy atom. The Morgan fingerprint density at radius 1 is 1.29 bits per heavy atom. The van der Waals surface area contributed by atoms with Gasteiger partial charge in [-0.1, -0.05) is 26.7 Å². The number of aliphatic hydroxyl groups is 1. The van der Waals surface area contributed by atoms with Gasteiger partial charge in [0.2, 0.25) is 0 Å². The quantitative estimate of drug-likeness (QED) is 0.729. The predicted octanol–water partition coefficient (Wildman–Crippen LogP) is 2.16. The Hall–Kier alpha value is -0.0800. The van der Waals surface area contributed by atoms with Crippen molar-refractivity contribution >= 4 is 0 Å². The van der Waals surface area contributed by atoms with Gasteiger partial charge >= 0.3 is 0 Å². The Balaban J connectivity index is 2.39. The van der Waals surface area contributed by atoms with Crippen LogP contribution in [-0.4, -0.2) is 17.8 Å². The average Bonchev–Trinajstić information content (AvgIpc) is 2.20. The zero-order valence-corrected chi connectivity index (χ0v) is 9.58. The van der Waals surface area contributed by atoms with E-state index >= 15 is 0 Å². The lowest BCUT2D eigenvalue weighted by molar-refractivity contribution is 0.0287. The summed E-state index contributed by atoms with van der Waals surface area (Å²) in [5.41, 5.74) is 5.66. The first-order valence-corrected chi connectivity index (χ1v) is 6.07. The first kappa shape index (κ1) is 12.0. The molecule has 0 aromatic carbocycles. The van der Waals surface area contributed by atoms with Crippen LogP contribution in [0.5, 0.6) is 0 Å². The third-order valence-electron chi connectivity index (χ3n) is 3.85. The highest BCUT2D eigenvalue weighted by Gasteiger charge is 2.28. The van der Waals surface area contributed by atoms with Crippen LogP contribution in [0.1, 0.15) is 46.0 Å². The van der Waals surface area contributed by atoms with Crippen LogP contribution in [-0.2, 0) is 0 Å². The van der Waals surface area contributed by atoms with Crippen molar-refractivity contribution in [1.82, 2.24) is 0 Å². The van der Waals surface area contributed by atoms with E-state index in [-0.39, 0.29) is 6.10 Å². The predicted molar refractivity (Wildman–Crippen MR) is 60.0 cm³/mol. The molecule has 0 bridgehead atoms. The molecule has 1 fully saturated rings. The van der Waals surface area contributed by atoms with Gasteiger partial charge in [0.1, 0.15) is 0 Å². The second kappa shape index (κ2) is 5.72. The van der Waals surface area contributed by atoms with Gasteiger partial charge in [-0.2, -0.15) is 0 Å². The highest BCUT2D eigenvalue weighted by molar-refractivity contribution is 4.80. The number of nitrogens with two attached hydrogens (primary N) is 1. The molecular weight excluding hydrogens is 174 g/mol. The van der Waals surface area contributed by atoms with Crippen LogP contribution in [0.4, 0.5) is 0 Å². The van der Waals surface area contributed by atoms with E-state index < -0.39 is 0 Å². The molecule has 0 aromatic heterocycles. The lowest BCUT2D eigenvalue weighted by Gasteiger charge is -2.33. The van der Waals surface area contributed by atoms with E-state index in [4.69, 9.17) is 5.73 Å². The molecule has 2 atom stereocenters. The molecule has 0 radical (unpaired) electrons. The highest BCUT2D eigenvalue weighted by Crippen LogP contribution is 2.33. The van der Waals surface area contributed by atoms with Gasteiger partial charge < -0.3 is 10.8 Å². The molecule has 0 spiro atoms. The number of aliphatic hydroxyl groups excluding tert-OH is 1. The van der Waals surface area contributed by atoms with E-state index in [1.165, 1.54) is 25.7 Å². The smallest absolute Gasteiger partial charge is 0.0608 e. The summed E-state index contributed by atoms with van der Waals surface area (Å²) in [6, 6.07) is 0. The van der Waals surface area contributed by atoms with Crippen LogP contribution in [0.3, 0.4) is 0 Å². The average molecular weight is 199 g/mol. The lowest BCUT2D eigenvalue weighted by Crippen LogP contribution is -2.35. The molecule has 2 heteroatoms. The summed E-state index contributed by atoms with van der Waals surface area (Å²) >= 11 is 0. The van der Waals surface area contributed by atoms with Gasteiger partial charge in [-0.3, -0.25) is 0 Å². The Labute approximate surface area is 87.9 Å². The summed E-state index contributed by atoms with van der Waals surface area (Å²) in [5, 5.41) is 10.1. The Bertz CT molecular complexity index is 148. The molecule has 0 amide bonds. The molecule has 1 saturated carbocycles. The SMILES string of the molecule is CCC(CN)C(O)C1CCC(C)CC1. The van der Waals surface area contributed by atoms with Gasteiger partial charge in [-0.25, -0.2) is 0 Å². The van der Waals surface area contributed by atoms with E-state index in [0.29, 0.717) is 18.4 Å². The maximum atomic E-state index is 10.1. The van der Waals surface area contributed by atoms with Gasteiger partial charge in [0.15, 0.2) is 0 Å². The van der Waals surface area contributed by atoms with Crippen molar-refractivity contribution in [2.24, 2.45) is 23.5 Å². The van der Waals surface area contributed by atoms with Crippen molar-refractivity contribution in [3.63, 3.8) is 0 Å². The summed E-state index contributed by atoms with van der Waals surface area (Å²) < 4.78 is 0. The van der Waals surface area contributed by atoms with Gasteiger partial charge in [0.25, 0.3) is 0 Å². The van der Waals surface area contributed by atoms with Crippen LogP contribution in [0, 0.1) is 17.8 Å². The summed E-state index contributed by atoms with van der Waals surface area (Å²) in [5.74, 6) is 1.68. The van der Waals surface area contributed by atoms with Crippen molar-refractivity contribution in [2.75, 3.05) is 6.54 Å². The monoisotopic (exact) mass is 199 g/mol. The molecule has 0 heterocycles. The third-order valence-corrected chi connectivity index (χ3v) is 3.85. The normalized spacial score (nSPS) is 32.6. The molecule has 1 aliphatic rings. The second-order valence-electron chi connectivity index (χ2n) is 4.91. The number of hydrogen-bond donors (Lipinski definition) is 2. The molecule has 0 saturated heterocycles. The van der Waals surface area contributed by atoms with Crippen LogP contribution in [0.25, 0.3) is 0 Å². The molecule has 2 nitrogen and oxygen atoms in total. The van der Waals surface area contributed by atoms with Crippen molar-refractivity contribution in [1.29, 1.82) is 0 Å². The maximum Gasteiger partial charge on any atom is 0.0608 e. The van der Waals surface area contributed by atoms with Crippen molar-refractivity contribution < 1.29 is 5.11 Å². The highest BCUT2D eigenvalue weighted by atomic mass is 16.3. The van der Waals surface area contributed by atoms with Crippen LogP contribution >= 0.6 is 0 Å². The summed E-state index contributed by atoms with van der Waals surface area (Å²) in [6.45, 7) is 5.05. The van der Waals surface area contributed by atoms with Gasteiger partial charge in [-0.05, 0) is 43.6 Å². The van der Waals surface area contributed by atoms with Crippen LogP contribution in [0.2, 0.25) is 0 Å². The van der Waals surface area contributed by atoms with E-state index in [1.807, 2.05) is 0 Å². The van der Waals surface area contributed by atoms with Crippen LogP contribution < -0.4 is 5.73 Å². The summed E-state index contributed by atoms with van der Waals surface area (Å²) in [7, 11) is 0. The van der Waals surface area contributed by atoms with E-state index in [2.05, 4.69) is 13.8 Å². The van der Waals surface area contributed by atoms with Crippen molar-refractivity contribution in [3.05, 3.63) is 0 Å². The fraction of sp³-hybridized carbons (Fsp3) is 1.00. The molecule has 14 heavy (non-hydrogen) atoms. The molecule has 84 valence electrons. The zero-order valence-electron chi connectivity index (χ0n) is 9.58. The minimum atomic E-state index is -0.155. The Morgan fingerprint density at radius 2 is 1.86 bits per heavy atom. The topological polar surface area (TPSA) is 46.2 Å². The summed E-state index contributed by atoms with van der Waals surface area (Å²) in [6.07, 6.45) is 5.80. The first-order valence-electron chi connectivity index (χ1n) is 6.07. The summed E-state index contributed by atoms with van der Waals surface area (Å²) in [4.78, 5) is 0. The molecule has 0 aliphatic heterocycles. The molecule has 2 unspecified atom stereocenters. The zero-order chi connectivity index (χ0) is 10.6. The second-order valence-corrected chi connectivity index (χ2v) is 4.91. The Kier molecular flexibility index (Phi) is 4.90. The molecule has 0 aromatic rings. The fourth-order valence-corrected chi connectivity index (χ4v) is 2.56. The van der Waals surface area contributed by atoms with Crippen molar-refractivity contribution in [3.8, 4) is 0 Å². The molecule has 1 aliphatic carbocycles. The van der Waals surface area contributed by atoms with E-state index in [1.54, 1.807) is 0 Å². The van der Waals surface area contributed by atoms with Gasteiger partial charge in [0, 0.05) is 0 Å². The van der Waals surface area contributed by atoms with Crippen LogP contribution in [0.15, 0.2) is 0 Å². The minimum Gasteiger partial charge on any atom is -0.393 e. The largest absolute Gasteiger partial charge is 0.393 e. The molecular formula is C12H25NO. The molecule has 3 N–H and O–H groups in total.